The highest BCUT2D eigenvalue weighted by Crippen LogP contribution is 2.16. The van der Waals surface area contributed by atoms with Crippen molar-refractivity contribution in [3.63, 3.8) is 0 Å². The molecular weight excluding hydrogens is 216 g/mol. The third-order valence-corrected chi connectivity index (χ3v) is 2.32. The number of hydrogen-bond acceptors (Lipinski definition) is 2. The van der Waals surface area contributed by atoms with E-state index in [1.807, 2.05) is 18.3 Å². The van der Waals surface area contributed by atoms with E-state index in [9.17, 15) is 0 Å². The lowest BCUT2D eigenvalue weighted by atomic mass is 10.4. The van der Waals surface area contributed by atoms with Crippen LogP contribution in [0.1, 0.15) is 0 Å². The van der Waals surface area contributed by atoms with Gasteiger partial charge in [-0.05, 0) is 28.1 Å². The summed E-state index contributed by atoms with van der Waals surface area (Å²) in [6, 6.07) is 4.04. The molecule has 0 unspecified atom stereocenters. The van der Waals surface area contributed by atoms with Crippen molar-refractivity contribution in [2.24, 2.45) is 0 Å². The van der Waals surface area contributed by atoms with E-state index < -0.39 is 0 Å². The Balaban J connectivity index is 2.18. The van der Waals surface area contributed by atoms with Gasteiger partial charge in [0, 0.05) is 23.8 Å². The number of hydrogen-bond donors (Lipinski definition) is 0. The fraction of sp³-hybridized carbons (Fsp3) is 0.222. The summed E-state index contributed by atoms with van der Waals surface area (Å²) in [5, 5.41) is 0. The van der Waals surface area contributed by atoms with Crippen molar-refractivity contribution >= 4 is 21.7 Å². The van der Waals surface area contributed by atoms with Crippen LogP contribution in [0, 0.1) is 0 Å². The van der Waals surface area contributed by atoms with Gasteiger partial charge in [0.25, 0.3) is 0 Å². The first kappa shape index (κ1) is 7.80. The summed E-state index contributed by atoms with van der Waals surface area (Å²) in [6.07, 6.45) is 6.14. The molecule has 1 aromatic heterocycles. The van der Waals surface area contributed by atoms with E-state index in [0.717, 1.165) is 23.4 Å². The zero-order valence-electron chi connectivity index (χ0n) is 6.57. The molecule has 0 saturated heterocycles. The number of rotatable bonds is 1. The van der Waals surface area contributed by atoms with Crippen LogP contribution in [0.3, 0.4) is 0 Å². The van der Waals surface area contributed by atoms with E-state index in [-0.39, 0.29) is 0 Å². The fourth-order valence-corrected chi connectivity index (χ4v) is 1.45. The standard InChI is InChI=1S/C9H9BrN2/c10-8-3-4-9(11-7-8)12-5-1-2-6-12/h1-4,7H,5-6H2. The summed E-state index contributed by atoms with van der Waals surface area (Å²) in [5.74, 6) is 1.04. The molecule has 0 N–H and O–H groups in total. The van der Waals surface area contributed by atoms with Gasteiger partial charge in [-0.1, -0.05) is 12.2 Å². The van der Waals surface area contributed by atoms with E-state index in [0.29, 0.717) is 0 Å². The summed E-state index contributed by atoms with van der Waals surface area (Å²) in [4.78, 5) is 6.51. The fourth-order valence-electron chi connectivity index (χ4n) is 1.22. The maximum Gasteiger partial charge on any atom is 0.129 e. The summed E-state index contributed by atoms with van der Waals surface area (Å²) in [5.41, 5.74) is 0. The number of halogens is 1. The molecule has 0 aromatic carbocycles. The minimum absolute atomic E-state index is 0.981. The molecule has 0 bridgehead atoms. The van der Waals surface area contributed by atoms with Gasteiger partial charge in [0.15, 0.2) is 0 Å². The summed E-state index contributed by atoms with van der Waals surface area (Å²) < 4.78 is 1.03. The Kier molecular flexibility index (Phi) is 2.13. The molecule has 12 heavy (non-hydrogen) atoms. The van der Waals surface area contributed by atoms with Gasteiger partial charge in [0.1, 0.15) is 5.82 Å². The van der Waals surface area contributed by atoms with Crippen LogP contribution in [-0.2, 0) is 0 Å². The molecule has 0 saturated carbocycles. The number of pyridine rings is 1. The second-order valence-corrected chi connectivity index (χ2v) is 3.63. The van der Waals surface area contributed by atoms with Crippen molar-refractivity contribution in [1.29, 1.82) is 0 Å². The van der Waals surface area contributed by atoms with Crippen LogP contribution in [0.4, 0.5) is 5.82 Å². The molecule has 0 fully saturated rings. The average Bonchev–Trinajstić information content (AvgIpc) is 2.58. The quantitative estimate of drug-likeness (QED) is 0.681. The minimum Gasteiger partial charge on any atom is -0.349 e. The Morgan fingerprint density at radius 3 is 2.58 bits per heavy atom. The van der Waals surface area contributed by atoms with Crippen LogP contribution in [-0.4, -0.2) is 18.1 Å². The Labute approximate surface area is 80.0 Å². The SMILES string of the molecule is Brc1ccc(N2CC=CC2)nc1. The lowest BCUT2D eigenvalue weighted by Gasteiger charge is -2.15. The Bertz CT molecular complexity index is 284. The van der Waals surface area contributed by atoms with Crippen molar-refractivity contribution in [2.75, 3.05) is 18.0 Å². The van der Waals surface area contributed by atoms with Crippen LogP contribution in [0.25, 0.3) is 0 Å². The van der Waals surface area contributed by atoms with Gasteiger partial charge in [-0.15, -0.1) is 0 Å². The van der Waals surface area contributed by atoms with Gasteiger partial charge in [-0.25, -0.2) is 4.98 Å². The third-order valence-electron chi connectivity index (χ3n) is 1.85. The van der Waals surface area contributed by atoms with E-state index >= 15 is 0 Å². The first-order chi connectivity index (χ1) is 5.86. The maximum atomic E-state index is 4.30. The largest absolute Gasteiger partial charge is 0.349 e. The molecule has 0 spiro atoms. The summed E-state index contributed by atoms with van der Waals surface area (Å²) >= 11 is 3.36. The van der Waals surface area contributed by atoms with Gasteiger partial charge in [0.05, 0.1) is 0 Å². The second kappa shape index (κ2) is 3.27. The van der Waals surface area contributed by atoms with E-state index in [1.54, 1.807) is 0 Å². The maximum absolute atomic E-state index is 4.30. The van der Waals surface area contributed by atoms with E-state index in [1.165, 1.54) is 0 Å². The van der Waals surface area contributed by atoms with Crippen molar-refractivity contribution in [3.8, 4) is 0 Å². The Hall–Kier alpha value is -0.830. The molecular formula is C9H9BrN2. The van der Waals surface area contributed by atoms with Crippen molar-refractivity contribution in [2.45, 2.75) is 0 Å². The van der Waals surface area contributed by atoms with Crippen molar-refractivity contribution in [1.82, 2.24) is 4.98 Å². The number of anilines is 1. The average molecular weight is 225 g/mol. The van der Waals surface area contributed by atoms with Crippen LogP contribution in [0.2, 0.25) is 0 Å². The first-order valence-electron chi connectivity index (χ1n) is 3.88. The number of nitrogens with zero attached hydrogens (tertiary/aromatic N) is 2. The van der Waals surface area contributed by atoms with Gasteiger partial charge in [-0.3, -0.25) is 0 Å². The number of aromatic nitrogens is 1. The van der Waals surface area contributed by atoms with E-state index in [2.05, 4.69) is 38.0 Å². The molecule has 2 rings (SSSR count). The molecule has 0 aliphatic carbocycles. The topological polar surface area (TPSA) is 16.1 Å². The third kappa shape index (κ3) is 1.50. The molecule has 1 aliphatic rings. The first-order valence-corrected chi connectivity index (χ1v) is 4.67. The smallest absolute Gasteiger partial charge is 0.129 e. The van der Waals surface area contributed by atoms with Crippen LogP contribution >= 0.6 is 15.9 Å². The molecule has 0 amide bonds. The van der Waals surface area contributed by atoms with Gasteiger partial charge in [-0.2, -0.15) is 0 Å². The molecule has 1 aliphatic heterocycles. The van der Waals surface area contributed by atoms with Gasteiger partial charge in [0.2, 0.25) is 0 Å². The van der Waals surface area contributed by atoms with Crippen LogP contribution in [0.15, 0.2) is 35.0 Å². The normalized spacial score (nSPS) is 15.6. The van der Waals surface area contributed by atoms with E-state index in [4.69, 9.17) is 0 Å². The van der Waals surface area contributed by atoms with Gasteiger partial charge < -0.3 is 4.90 Å². The molecule has 1 aromatic rings. The van der Waals surface area contributed by atoms with Crippen LogP contribution in [0.5, 0.6) is 0 Å². The molecule has 2 nitrogen and oxygen atoms in total. The second-order valence-electron chi connectivity index (χ2n) is 2.71. The highest BCUT2D eigenvalue weighted by atomic mass is 79.9. The summed E-state index contributed by atoms with van der Waals surface area (Å²) in [7, 11) is 0. The summed E-state index contributed by atoms with van der Waals surface area (Å²) in [6.45, 7) is 1.96. The molecule has 2 heterocycles. The van der Waals surface area contributed by atoms with Crippen molar-refractivity contribution in [3.05, 3.63) is 35.0 Å². The van der Waals surface area contributed by atoms with Crippen LogP contribution < -0.4 is 4.90 Å². The lowest BCUT2D eigenvalue weighted by molar-refractivity contribution is 0.968. The zero-order valence-corrected chi connectivity index (χ0v) is 8.16. The Morgan fingerprint density at radius 1 is 1.25 bits per heavy atom. The molecule has 3 heteroatoms. The van der Waals surface area contributed by atoms with Crippen molar-refractivity contribution < 1.29 is 0 Å². The predicted octanol–water partition coefficient (Wildman–Crippen LogP) is 2.22. The monoisotopic (exact) mass is 224 g/mol. The molecule has 0 radical (unpaired) electrons. The minimum atomic E-state index is 0.981. The highest BCUT2D eigenvalue weighted by molar-refractivity contribution is 9.10. The lowest BCUT2D eigenvalue weighted by Crippen LogP contribution is -2.19. The van der Waals surface area contributed by atoms with Gasteiger partial charge >= 0.3 is 0 Å². The predicted molar refractivity (Wildman–Crippen MR) is 53.3 cm³/mol. The Morgan fingerprint density at radius 2 is 2.00 bits per heavy atom. The highest BCUT2D eigenvalue weighted by Gasteiger charge is 2.07. The molecule has 0 atom stereocenters. The zero-order chi connectivity index (χ0) is 8.39. The molecule has 62 valence electrons.